The van der Waals surface area contributed by atoms with Gasteiger partial charge in [-0.1, -0.05) is 0 Å². The summed E-state index contributed by atoms with van der Waals surface area (Å²) in [4.78, 5) is 13.9. The Kier molecular flexibility index (Phi) is 4.43. The Labute approximate surface area is 147 Å². The minimum absolute atomic E-state index is 0.0310. The third-order valence-electron chi connectivity index (χ3n) is 4.25. The van der Waals surface area contributed by atoms with Crippen LogP contribution in [0.25, 0.3) is 0 Å². The van der Waals surface area contributed by atoms with E-state index in [1.54, 1.807) is 42.2 Å². The molecule has 0 saturated carbocycles. The summed E-state index contributed by atoms with van der Waals surface area (Å²) in [6.07, 6.45) is 0.292. The van der Waals surface area contributed by atoms with E-state index in [4.69, 9.17) is 4.74 Å². The summed E-state index contributed by atoms with van der Waals surface area (Å²) in [5.74, 6) is 0.635. The molecule has 6 nitrogen and oxygen atoms in total. The summed E-state index contributed by atoms with van der Waals surface area (Å²) in [6.45, 7) is 4.23. The molecule has 132 valence electrons. The van der Waals surface area contributed by atoms with E-state index in [2.05, 4.69) is 4.72 Å². The molecule has 3 rings (SSSR count). The second-order valence-corrected chi connectivity index (χ2v) is 7.55. The van der Waals surface area contributed by atoms with E-state index < -0.39 is 10.0 Å². The topological polar surface area (TPSA) is 75.7 Å². The maximum absolute atomic E-state index is 12.7. The Bertz CT molecular complexity index is 938. The van der Waals surface area contributed by atoms with Crippen LogP contribution < -0.4 is 14.4 Å². The van der Waals surface area contributed by atoms with Gasteiger partial charge in [-0.15, -0.1) is 0 Å². The predicted octanol–water partition coefficient (Wildman–Crippen LogP) is 2.71. The Morgan fingerprint density at radius 2 is 1.96 bits per heavy atom. The first-order valence-corrected chi connectivity index (χ1v) is 9.44. The second kappa shape index (κ2) is 6.40. The van der Waals surface area contributed by atoms with E-state index in [0.717, 1.165) is 11.3 Å². The van der Waals surface area contributed by atoms with Crippen molar-refractivity contribution >= 4 is 27.3 Å². The molecule has 0 fully saturated rings. The van der Waals surface area contributed by atoms with Crippen molar-refractivity contribution in [1.29, 1.82) is 0 Å². The molecule has 0 atom stereocenters. The van der Waals surface area contributed by atoms with E-state index in [9.17, 15) is 13.2 Å². The Hall–Kier alpha value is -2.54. The summed E-state index contributed by atoms with van der Waals surface area (Å²) < 4.78 is 33.1. The number of rotatable bonds is 5. The summed E-state index contributed by atoms with van der Waals surface area (Å²) >= 11 is 0. The molecule has 0 spiro atoms. The zero-order valence-electron chi connectivity index (χ0n) is 14.4. The van der Waals surface area contributed by atoms with Crippen molar-refractivity contribution in [3.63, 3.8) is 0 Å². The number of carbonyl (C=O) groups is 1. The number of hydrogen-bond acceptors (Lipinski definition) is 4. The lowest BCUT2D eigenvalue weighted by Crippen LogP contribution is -2.25. The van der Waals surface area contributed by atoms with Crippen molar-refractivity contribution in [1.82, 2.24) is 0 Å². The van der Waals surface area contributed by atoms with Gasteiger partial charge >= 0.3 is 0 Å². The Morgan fingerprint density at radius 1 is 1.20 bits per heavy atom. The third-order valence-corrected chi connectivity index (χ3v) is 5.79. The number of ether oxygens (including phenoxy) is 1. The molecule has 1 aliphatic heterocycles. The molecule has 0 saturated heterocycles. The van der Waals surface area contributed by atoms with E-state index >= 15 is 0 Å². The van der Waals surface area contributed by atoms with Crippen molar-refractivity contribution < 1.29 is 17.9 Å². The number of likely N-dealkylation sites (N-methyl/N-ethyl adjacent to an activating group) is 1. The average Bonchev–Trinajstić information content (AvgIpc) is 2.88. The van der Waals surface area contributed by atoms with Gasteiger partial charge in [-0.3, -0.25) is 9.52 Å². The first-order valence-electron chi connectivity index (χ1n) is 7.96. The van der Waals surface area contributed by atoms with Crippen molar-refractivity contribution in [2.45, 2.75) is 25.2 Å². The molecule has 25 heavy (non-hydrogen) atoms. The predicted molar refractivity (Wildman–Crippen MR) is 96.7 cm³/mol. The number of methoxy groups -OCH3 is 1. The molecule has 0 bridgehead atoms. The molecule has 1 N–H and O–H groups in total. The molecule has 1 amide bonds. The molecule has 2 aromatic carbocycles. The zero-order valence-corrected chi connectivity index (χ0v) is 15.2. The fourth-order valence-electron chi connectivity index (χ4n) is 3.05. The van der Waals surface area contributed by atoms with Gasteiger partial charge in [-0.2, -0.15) is 0 Å². The van der Waals surface area contributed by atoms with E-state index in [0.29, 0.717) is 30.0 Å². The largest absolute Gasteiger partial charge is 0.497 e. The number of carbonyl (C=O) groups excluding carboxylic acids is 1. The minimum atomic E-state index is -3.72. The molecule has 0 aliphatic carbocycles. The van der Waals surface area contributed by atoms with Gasteiger partial charge in [0.05, 0.1) is 18.4 Å². The third kappa shape index (κ3) is 3.19. The number of anilines is 2. The highest BCUT2D eigenvalue weighted by Crippen LogP contribution is 2.32. The molecular formula is C18H20N2O4S. The fraction of sp³-hybridized carbons (Fsp3) is 0.278. The van der Waals surface area contributed by atoms with Crippen LogP contribution in [0.3, 0.4) is 0 Å². The Balaban J connectivity index is 1.90. The second-order valence-electron chi connectivity index (χ2n) is 5.90. The number of aryl methyl sites for hydroxylation is 1. The summed E-state index contributed by atoms with van der Waals surface area (Å²) in [5.41, 5.74) is 2.72. The molecular weight excluding hydrogens is 340 g/mol. The van der Waals surface area contributed by atoms with Gasteiger partial charge in [0, 0.05) is 17.9 Å². The monoisotopic (exact) mass is 360 g/mol. The maximum Gasteiger partial charge on any atom is 0.262 e. The lowest BCUT2D eigenvalue weighted by Gasteiger charge is -2.15. The van der Waals surface area contributed by atoms with Crippen LogP contribution in [-0.2, 0) is 21.2 Å². The van der Waals surface area contributed by atoms with Crippen molar-refractivity contribution in [2.24, 2.45) is 0 Å². The van der Waals surface area contributed by atoms with Crippen LogP contribution in [0.2, 0.25) is 0 Å². The highest BCUT2D eigenvalue weighted by Gasteiger charge is 2.26. The lowest BCUT2D eigenvalue weighted by molar-refractivity contribution is -0.117. The average molecular weight is 360 g/mol. The van der Waals surface area contributed by atoms with Crippen LogP contribution in [0.15, 0.2) is 41.3 Å². The fourth-order valence-corrected chi connectivity index (χ4v) is 4.33. The lowest BCUT2D eigenvalue weighted by atomic mass is 10.1. The van der Waals surface area contributed by atoms with Gasteiger partial charge in [0.1, 0.15) is 5.75 Å². The van der Waals surface area contributed by atoms with Gasteiger partial charge in [0.15, 0.2) is 0 Å². The number of nitrogens with one attached hydrogen (secondary N) is 1. The number of amides is 1. The van der Waals surface area contributed by atoms with Crippen LogP contribution in [0.1, 0.15) is 18.1 Å². The normalized spacial score (nSPS) is 13.7. The number of fused-ring (bicyclic) bond motifs is 1. The molecule has 1 aliphatic rings. The number of hydrogen-bond donors (Lipinski definition) is 1. The number of nitrogens with zero attached hydrogens (tertiary/aromatic N) is 1. The molecule has 1 heterocycles. The summed E-state index contributed by atoms with van der Waals surface area (Å²) in [5, 5.41) is 0. The molecule has 0 radical (unpaired) electrons. The van der Waals surface area contributed by atoms with E-state index in [-0.39, 0.29) is 10.8 Å². The Morgan fingerprint density at radius 3 is 2.60 bits per heavy atom. The van der Waals surface area contributed by atoms with Crippen molar-refractivity contribution in [3.8, 4) is 5.75 Å². The summed E-state index contributed by atoms with van der Waals surface area (Å²) in [7, 11) is -2.19. The van der Waals surface area contributed by atoms with Gasteiger partial charge in [0.2, 0.25) is 5.91 Å². The number of benzene rings is 2. The van der Waals surface area contributed by atoms with Crippen LogP contribution in [0, 0.1) is 6.92 Å². The number of sulfonamides is 1. The van der Waals surface area contributed by atoms with Crippen molar-refractivity contribution in [2.75, 3.05) is 23.3 Å². The SMILES string of the molecule is CCN1C(=O)Cc2cc(NS(=O)(=O)c3ccc(OC)cc3C)ccc21. The van der Waals surface area contributed by atoms with E-state index in [1.807, 2.05) is 6.92 Å². The maximum atomic E-state index is 12.7. The van der Waals surface area contributed by atoms with Crippen molar-refractivity contribution in [3.05, 3.63) is 47.5 Å². The van der Waals surface area contributed by atoms with Crippen LogP contribution in [-0.4, -0.2) is 28.0 Å². The van der Waals surface area contributed by atoms with Gasteiger partial charge in [-0.25, -0.2) is 8.42 Å². The van der Waals surface area contributed by atoms with Crippen LogP contribution in [0.4, 0.5) is 11.4 Å². The highest BCUT2D eigenvalue weighted by atomic mass is 32.2. The standard InChI is InChI=1S/C18H20N2O4S/c1-4-20-16-7-5-14(10-13(16)11-18(20)21)19-25(22,23)17-8-6-15(24-3)9-12(17)2/h5-10,19H,4,11H2,1-3H3. The molecule has 0 aromatic heterocycles. The highest BCUT2D eigenvalue weighted by molar-refractivity contribution is 7.92. The van der Waals surface area contributed by atoms with Gasteiger partial charge < -0.3 is 9.64 Å². The quantitative estimate of drug-likeness (QED) is 0.889. The molecule has 0 unspecified atom stereocenters. The van der Waals surface area contributed by atoms with Crippen LogP contribution >= 0.6 is 0 Å². The molecule has 2 aromatic rings. The first kappa shape index (κ1) is 17.3. The van der Waals surface area contributed by atoms with E-state index in [1.165, 1.54) is 13.2 Å². The minimum Gasteiger partial charge on any atom is -0.497 e. The first-order chi connectivity index (χ1) is 11.9. The smallest absolute Gasteiger partial charge is 0.262 e. The van der Waals surface area contributed by atoms with Gasteiger partial charge in [-0.05, 0) is 61.4 Å². The summed E-state index contributed by atoms with van der Waals surface area (Å²) in [6, 6.07) is 9.99. The van der Waals surface area contributed by atoms with Gasteiger partial charge in [0.25, 0.3) is 10.0 Å². The molecule has 7 heteroatoms. The zero-order chi connectivity index (χ0) is 18.2. The van der Waals surface area contributed by atoms with Crippen LogP contribution in [0.5, 0.6) is 5.75 Å².